The lowest BCUT2D eigenvalue weighted by Gasteiger charge is -2.29. The van der Waals surface area contributed by atoms with Gasteiger partial charge in [0.1, 0.15) is 0 Å². The van der Waals surface area contributed by atoms with Crippen molar-refractivity contribution in [2.24, 2.45) is 5.92 Å². The van der Waals surface area contributed by atoms with Gasteiger partial charge in [-0.15, -0.1) is 0 Å². The van der Waals surface area contributed by atoms with Gasteiger partial charge >= 0.3 is 0 Å². The Labute approximate surface area is 84.3 Å². The third-order valence-corrected chi connectivity index (χ3v) is 5.06. The summed E-state index contributed by atoms with van der Waals surface area (Å²) in [6, 6.07) is 2.69. The molecule has 3 nitrogen and oxygen atoms in total. The Bertz CT molecular complexity index is 245. The number of fused-ring (bicyclic) bond motifs is 1. The molecular formula is C8H12ClN2OP. The average Bonchev–Trinajstić information content (AvgIpc) is 2.43. The molecule has 2 rings (SSSR count). The molecular weight excluding hydrogens is 207 g/mol. The van der Waals surface area contributed by atoms with Crippen molar-refractivity contribution in [3.63, 3.8) is 0 Å². The number of rotatable bonds is 0. The monoisotopic (exact) mass is 218 g/mol. The van der Waals surface area contributed by atoms with Gasteiger partial charge in [0.2, 0.25) is 7.65 Å². The molecule has 4 atom stereocenters. The van der Waals surface area contributed by atoms with Crippen LogP contribution in [0, 0.1) is 17.2 Å². The van der Waals surface area contributed by atoms with Crippen LogP contribution in [0.25, 0.3) is 0 Å². The quantitative estimate of drug-likeness (QED) is 0.586. The van der Waals surface area contributed by atoms with Crippen LogP contribution in [0.4, 0.5) is 0 Å². The molecule has 0 bridgehead atoms. The second-order valence-electron chi connectivity index (χ2n) is 3.60. The van der Waals surface area contributed by atoms with Crippen LogP contribution >= 0.6 is 18.9 Å². The third-order valence-electron chi connectivity index (χ3n) is 2.89. The summed E-state index contributed by atoms with van der Waals surface area (Å²) in [6.45, 7) is 0. The predicted molar refractivity (Wildman–Crippen MR) is 52.2 cm³/mol. The van der Waals surface area contributed by atoms with Crippen LogP contribution in [0.3, 0.4) is 0 Å². The smallest absolute Gasteiger partial charge is 0.207 e. The zero-order valence-electron chi connectivity index (χ0n) is 7.48. The maximum absolute atomic E-state index is 8.93. The molecule has 0 radical (unpaired) electrons. The van der Waals surface area contributed by atoms with E-state index >= 15 is 0 Å². The average molecular weight is 219 g/mol. The Morgan fingerprint density at radius 3 is 3.08 bits per heavy atom. The molecule has 1 heterocycles. The minimum Gasteiger partial charge on any atom is -0.325 e. The Morgan fingerprint density at radius 2 is 2.38 bits per heavy atom. The zero-order chi connectivity index (χ0) is 9.42. The molecule has 5 heteroatoms. The Morgan fingerprint density at radius 1 is 1.62 bits per heavy atom. The molecule has 0 aromatic heterocycles. The molecule has 0 N–H and O–H groups in total. The molecule has 0 amide bonds. The fraction of sp³-hybridized carbons (Fsp3) is 0.875. The van der Waals surface area contributed by atoms with Crippen molar-refractivity contribution in [2.45, 2.75) is 31.4 Å². The van der Waals surface area contributed by atoms with Crippen molar-refractivity contribution in [3.05, 3.63) is 0 Å². The standard InChI is InChI=1S/C8H12ClN2OP/c1-11-7-4-2-3-6(5-10)8(7)12-13(11)9/h6-8H,2-4H2,1H3/t6?,7?,8-,13?/m0/s1. The number of halogens is 1. The number of nitriles is 1. The second-order valence-corrected chi connectivity index (χ2v) is 5.77. The highest BCUT2D eigenvalue weighted by Crippen LogP contribution is 2.57. The van der Waals surface area contributed by atoms with E-state index in [1.165, 1.54) is 0 Å². The summed E-state index contributed by atoms with van der Waals surface area (Å²) in [7, 11) is 1.03. The molecule has 0 aromatic carbocycles. The van der Waals surface area contributed by atoms with Gasteiger partial charge in [-0.05, 0) is 31.1 Å². The maximum atomic E-state index is 8.93. The summed E-state index contributed by atoms with van der Waals surface area (Å²) in [5, 5.41) is 8.93. The molecule has 72 valence electrons. The zero-order valence-corrected chi connectivity index (χ0v) is 9.13. The molecule has 0 aromatic rings. The van der Waals surface area contributed by atoms with Crippen molar-refractivity contribution in [2.75, 3.05) is 7.05 Å². The van der Waals surface area contributed by atoms with Crippen LogP contribution in [0.5, 0.6) is 0 Å². The van der Waals surface area contributed by atoms with Crippen LogP contribution in [-0.4, -0.2) is 23.9 Å². The number of nitrogens with zero attached hydrogens (tertiary/aromatic N) is 2. The van der Waals surface area contributed by atoms with E-state index in [0.717, 1.165) is 19.3 Å². The highest BCUT2D eigenvalue weighted by atomic mass is 35.7. The summed E-state index contributed by atoms with van der Waals surface area (Å²) in [5.41, 5.74) is 0. The molecule has 2 aliphatic rings. The molecule has 3 unspecified atom stereocenters. The van der Waals surface area contributed by atoms with E-state index in [9.17, 15) is 0 Å². The molecule has 1 saturated carbocycles. The normalized spacial score (nSPS) is 45.6. The highest BCUT2D eigenvalue weighted by Gasteiger charge is 2.45. The van der Waals surface area contributed by atoms with Crippen molar-refractivity contribution in [3.8, 4) is 6.07 Å². The summed E-state index contributed by atoms with van der Waals surface area (Å²) in [6.07, 6.45) is 3.26. The topological polar surface area (TPSA) is 36.3 Å². The Balaban J connectivity index is 2.14. The van der Waals surface area contributed by atoms with Gasteiger partial charge in [0.05, 0.1) is 18.1 Å². The Kier molecular flexibility index (Phi) is 2.76. The summed E-state index contributed by atoms with van der Waals surface area (Å²) >= 11 is 6.02. The van der Waals surface area contributed by atoms with E-state index in [1.54, 1.807) is 0 Å². The van der Waals surface area contributed by atoms with Gasteiger partial charge < -0.3 is 4.52 Å². The lowest BCUT2D eigenvalue weighted by atomic mass is 9.84. The lowest BCUT2D eigenvalue weighted by molar-refractivity contribution is 0.119. The molecule has 1 saturated heterocycles. The largest absolute Gasteiger partial charge is 0.325 e. The van der Waals surface area contributed by atoms with Crippen LogP contribution in [0.2, 0.25) is 0 Å². The van der Waals surface area contributed by atoms with Crippen molar-refractivity contribution < 1.29 is 4.52 Å². The van der Waals surface area contributed by atoms with E-state index in [2.05, 4.69) is 10.7 Å². The van der Waals surface area contributed by atoms with E-state index in [1.807, 2.05) is 7.05 Å². The fourth-order valence-electron chi connectivity index (χ4n) is 2.12. The molecule has 1 aliphatic heterocycles. The number of hydrogen-bond donors (Lipinski definition) is 0. The van der Waals surface area contributed by atoms with Crippen molar-refractivity contribution in [1.29, 1.82) is 5.26 Å². The molecule has 13 heavy (non-hydrogen) atoms. The summed E-state index contributed by atoms with van der Waals surface area (Å²) < 4.78 is 7.70. The molecule has 2 fully saturated rings. The first-order chi connectivity index (χ1) is 6.24. The first-order valence-electron chi connectivity index (χ1n) is 4.49. The van der Waals surface area contributed by atoms with Crippen molar-refractivity contribution >= 4 is 18.9 Å². The number of likely N-dealkylation sites (N-methyl/N-ethyl adjacent to an activating group) is 1. The van der Waals surface area contributed by atoms with Crippen LogP contribution in [0.1, 0.15) is 19.3 Å². The minimum atomic E-state index is -0.954. The van der Waals surface area contributed by atoms with Crippen LogP contribution < -0.4 is 0 Å². The van der Waals surface area contributed by atoms with Gasteiger partial charge in [-0.3, -0.25) is 0 Å². The van der Waals surface area contributed by atoms with Crippen LogP contribution in [-0.2, 0) is 4.52 Å². The lowest BCUT2D eigenvalue weighted by Crippen LogP contribution is -2.39. The number of hydrogen-bond acceptors (Lipinski definition) is 3. The first kappa shape index (κ1) is 9.68. The van der Waals surface area contributed by atoms with Gasteiger partial charge in [-0.1, -0.05) is 6.42 Å². The Hall–Kier alpha value is 0.130. The van der Waals surface area contributed by atoms with E-state index in [4.69, 9.17) is 21.0 Å². The predicted octanol–water partition coefficient (Wildman–Crippen LogP) is 2.47. The van der Waals surface area contributed by atoms with Crippen molar-refractivity contribution in [1.82, 2.24) is 4.67 Å². The fourth-order valence-corrected chi connectivity index (χ4v) is 3.85. The summed E-state index contributed by atoms with van der Waals surface area (Å²) in [4.78, 5) is 0. The van der Waals surface area contributed by atoms with Gasteiger partial charge in [-0.2, -0.15) is 5.26 Å². The van der Waals surface area contributed by atoms with Gasteiger partial charge in [0.15, 0.2) is 0 Å². The molecule has 1 aliphatic carbocycles. The SMILES string of the molecule is CN1C2CCCC(C#N)[C@@H]2OP1Cl. The van der Waals surface area contributed by atoms with Gasteiger partial charge in [-0.25, -0.2) is 4.67 Å². The summed E-state index contributed by atoms with van der Waals surface area (Å²) in [5.74, 6) is 0.0486. The van der Waals surface area contributed by atoms with E-state index in [-0.39, 0.29) is 12.0 Å². The maximum Gasteiger partial charge on any atom is 0.207 e. The highest BCUT2D eigenvalue weighted by molar-refractivity contribution is 7.78. The first-order valence-corrected chi connectivity index (χ1v) is 6.61. The molecule has 0 spiro atoms. The van der Waals surface area contributed by atoms with Crippen LogP contribution in [0.15, 0.2) is 0 Å². The minimum absolute atomic E-state index is 0.0486. The van der Waals surface area contributed by atoms with E-state index < -0.39 is 7.65 Å². The van der Waals surface area contributed by atoms with Gasteiger partial charge in [0.25, 0.3) is 0 Å². The third kappa shape index (κ3) is 1.57. The van der Waals surface area contributed by atoms with Gasteiger partial charge in [0, 0.05) is 6.04 Å². The second kappa shape index (κ2) is 3.71. The van der Waals surface area contributed by atoms with E-state index in [0.29, 0.717) is 6.04 Å².